The van der Waals surface area contributed by atoms with Gasteiger partial charge in [0.15, 0.2) is 5.96 Å². The van der Waals surface area contributed by atoms with E-state index >= 15 is 0 Å². The van der Waals surface area contributed by atoms with Crippen LogP contribution in [-0.4, -0.2) is 51.6 Å². The van der Waals surface area contributed by atoms with Crippen LogP contribution in [0.4, 0.5) is 0 Å². The second-order valence-electron chi connectivity index (χ2n) is 6.37. The van der Waals surface area contributed by atoms with E-state index in [1.165, 1.54) is 5.56 Å². The van der Waals surface area contributed by atoms with Gasteiger partial charge in [-0.1, -0.05) is 12.1 Å². The highest BCUT2D eigenvalue weighted by atomic mass is 127. The number of aliphatic imine (C=N–C) groups is 1. The molecule has 0 saturated carbocycles. The lowest BCUT2D eigenvalue weighted by atomic mass is 10.2. The number of benzene rings is 1. The molecule has 2 N–H and O–H groups in total. The van der Waals surface area contributed by atoms with Gasteiger partial charge in [-0.15, -0.1) is 24.0 Å². The lowest BCUT2D eigenvalue weighted by molar-refractivity contribution is 0.0420. The van der Waals surface area contributed by atoms with Gasteiger partial charge in [0.1, 0.15) is 5.75 Å². The lowest BCUT2D eigenvalue weighted by Crippen LogP contribution is -2.37. The van der Waals surface area contributed by atoms with Gasteiger partial charge in [0, 0.05) is 33.4 Å². The van der Waals surface area contributed by atoms with Crippen molar-refractivity contribution >= 4 is 29.9 Å². The molecule has 0 aliphatic carbocycles. The van der Waals surface area contributed by atoms with Crippen molar-refractivity contribution in [3.05, 3.63) is 29.8 Å². The van der Waals surface area contributed by atoms with E-state index in [9.17, 15) is 0 Å². The highest BCUT2D eigenvalue weighted by Gasteiger charge is 2.15. The third kappa shape index (κ3) is 9.05. The topological polar surface area (TPSA) is 64.1 Å². The van der Waals surface area contributed by atoms with Crippen molar-refractivity contribution in [2.75, 3.05) is 33.4 Å². The Morgan fingerprint density at radius 1 is 1.27 bits per heavy atom. The molecule has 1 aromatic carbocycles. The second kappa shape index (κ2) is 13.2. The molecule has 0 bridgehead atoms. The summed E-state index contributed by atoms with van der Waals surface area (Å²) < 4.78 is 16.7. The van der Waals surface area contributed by atoms with Gasteiger partial charge in [-0.05, 0) is 44.4 Å². The van der Waals surface area contributed by atoms with E-state index in [0.29, 0.717) is 0 Å². The van der Waals surface area contributed by atoms with E-state index in [0.717, 1.165) is 57.5 Å². The van der Waals surface area contributed by atoms with Crippen molar-refractivity contribution in [3.8, 4) is 5.75 Å². The summed E-state index contributed by atoms with van der Waals surface area (Å²) in [5.74, 6) is 1.70. The minimum Gasteiger partial charge on any atom is -0.491 e. The molecule has 1 atom stereocenters. The van der Waals surface area contributed by atoms with E-state index in [1.54, 1.807) is 7.05 Å². The molecular weight excluding hydrogens is 445 g/mol. The van der Waals surface area contributed by atoms with Gasteiger partial charge in [-0.2, -0.15) is 0 Å². The number of halogens is 1. The summed E-state index contributed by atoms with van der Waals surface area (Å²) in [5, 5.41) is 6.62. The Hall–Kier alpha value is -1.06. The van der Waals surface area contributed by atoms with Crippen LogP contribution in [0.15, 0.2) is 29.3 Å². The number of guanidine groups is 1. The van der Waals surface area contributed by atoms with E-state index < -0.39 is 0 Å². The average Bonchev–Trinajstić information content (AvgIpc) is 3.11. The zero-order chi connectivity index (χ0) is 17.9. The Morgan fingerprint density at radius 3 is 2.65 bits per heavy atom. The molecule has 7 heteroatoms. The Morgan fingerprint density at radius 2 is 2.04 bits per heavy atom. The minimum atomic E-state index is 0. The molecule has 26 heavy (non-hydrogen) atoms. The van der Waals surface area contributed by atoms with Crippen LogP contribution in [0.3, 0.4) is 0 Å². The molecule has 1 aliphatic heterocycles. The van der Waals surface area contributed by atoms with Crippen molar-refractivity contribution < 1.29 is 14.2 Å². The first kappa shape index (κ1) is 23.0. The number of rotatable bonds is 9. The van der Waals surface area contributed by atoms with Gasteiger partial charge >= 0.3 is 0 Å². The fraction of sp³-hybridized carbons (Fsp3) is 0.632. The van der Waals surface area contributed by atoms with E-state index in [-0.39, 0.29) is 36.2 Å². The molecule has 0 radical (unpaired) electrons. The largest absolute Gasteiger partial charge is 0.491 e. The summed E-state index contributed by atoms with van der Waals surface area (Å²) in [7, 11) is 1.78. The summed E-state index contributed by atoms with van der Waals surface area (Å²) in [6, 6.07) is 8.12. The molecule has 6 nitrogen and oxygen atoms in total. The van der Waals surface area contributed by atoms with E-state index in [1.807, 2.05) is 26.0 Å². The maximum atomic E-state index is 5.75. The second-order valence-corrected chi connectivity index (χ2v) is 6.37. The van der Waals surface area contributed by atoms with Gasteiger partial charge in [-0.3, -0.25) is 4.99 Å². The van der Waals surface area contributed by atoms with Crippen LogP contribution in [-0.2, 0) is 16.0 Å². The van der Waals surface area contributed by atoms with Crippen molar-refractivity contribution in [3.63, 3.8) is 0 Å². The van der Waals surface area contributed by atoms with Crippen LogP contribution in [0.1, 0.15) is 32.3 Å². The smallest absolute Gasteiger partial charge is 0.191 e. The van der Waals surface area contributed by atoms with Crippen molar-refractivity contribution in [1.29, 1.82) is 0 Å². The fourth-order valence-corrected chi connectivity index (χ4v) is 2.54. The maximum absolute atomic E-state index is 5.75. The number of hydrogen-bond donors (Lipinski definition) is 2. The molecule has 0 amide bonds. The number of nitrogens with zero attached hydrogens (tertiary/aromatic N) is 1. The highest BCUT2D eigenvalue weighted by molar-refractivity contribution is 14.0. The van der Waals surface area contributed by atoms with Crippen molar-refractivity contribution in [2.24, 2.45) is 4.99 Å². The van der Waals surface area contributed by atoms with Crippen LogP contribution < -0.4 is 15.4 Å². The number of ether oxygens (including phenoxy) is 3. The van der Waals surface area contributed by atoms with Crippen molar-refractivity contribution in [1.82, 2.24) is 10.6 Å². The predicted octanol–water partition coefficient (Wildman–Crippen LogP) is 2.95. The Bertz CT molecular complexity index is 517. The first-order valence-corrected chi connectivity index (χ1v) is 9.07. The molecule has 0 aromatic heterocycles. The van der Waals surface area contributed by atoms with Crippen LogP contribution >= 0.6 is 24.0 Å². The van der Waals surface area contributed by atoms with Crippen molar-refractivity contribution in [2.45, 2.75) is 45.4 Å². The number of nitrogens with one attached hydrogen (secondary N) is 2. The van der Waals surface area contributed by atoms with Gasteiger partial charge in [0.2, 0.25) is 0 Å². The van der Waals surface area contributed by atoms with E-state index in [2.05, 4.69) is 27.8 Å². The SMILES string of the molecule is CN=C(NCCCOC1CCOC1)NCc1ccc(OC(C)C)cc1.I. The summed E-state index contributed by atoms with van der Waals surface area (Å²) in [6.07, 6.45) is 2.42. The molecule has 1 aliphatic rings. The van der Waals surface area contributed by atoms with Gasteiger partial charge in [0.05, 0.1) is 18.8 Å². The summed E-state index contributed by atoms with van der Waals surface area (Å²) in [6.45, 7) is 7.90. The zero-order valence-electron chi connectivity index (χ0n) is 16.0. The normalized spacial score (nSPS) is 17.1. The lowest BCUT2D eigenvalue weighted by Gasteiger charge is -2.14. The molecular formula is C19H32IN3O3. The Balaban J connectivity index is 0.00000338. The van der Waals surface area contributed by atoms with Gasteiger partial charge in [-0.25, -0.2) is 0 Å². The molecule has 0 spiro atoms. The predicted molar refractivity (Wildman–Crippen MR) is 116 cm³/mol. The third-order valence-corrected chi connectivity index (χ3v) is 3.83. The first-order valence-electron chi connectivity index (χ1n) is 9.07. The Kier molecular flexibility index (Phi) is 11.6. The summed E-state index contributed by atoms with van der Waals surface area (Å²) >= 11 is 0. The molecule has 148 valence electrons. The Labute approximate surface area is 174 Å². The molecule has 2 rings (SSSR count). The summed E-state index contributed by atoms with van der Waals surface area (Å²) in [5.41, 5.74) is 1.18. The first-order chi connectivity index (χ1) is 12.2. The maximum Gasteiger partial charge on any atom is 0.191 e. The standard InChI is InChI=1S/C19H31N3O3.HI/c1-15(2)25-17-7-5-16(6-8-17)13-22-19(20-3)21-10-4-11-24-18-9-12-23-14-18;/h5-8,15,18H,4,9-14H2,1-3H3,(H2,20,21,22);1H. The molecule has 1 aromatic rings. The van der Waals surface area contributed by atoms with Crippen LogP contribution in [0, 0.1) is 0 Å². The van der Waals surface area contributed by atoms with Gasteiger partial charge in [0.25, 0.3) is 0 Å². The highest BCUT2D eigenvalue weighted by Crippen LogP contribution is 2.13. The van der Waals surface area contributed by atoms with Gasteiger partial charge < -0.3 is 24.8 Å². The van der Waals surface area contributed by atoms with Crippen LogP contribution in [0.2, 0.25) is 0 Å². The quantitative estimate of drug-likeness (QED) is 0.248. The number of hydrogen-bond acceptors (Lipinski definition) is 4. The fourth-order valence-electron chi connectivity index (χ4n) is 2.54. The molecule has 1 saturated heterocycles. The monoisotopic (exact) mass is 477 g/mol. The van der Waals surface area contributed by atoms with Crippen LogP contribution in [0.25, 0.3) is 0 Å². The third-order valence-electron chi connectivity index (χ3n) is 3.83. The summed E-state index contributed by atoms with van der Waals surface area (Å²) in [4.78, 5) is 4.24. The molecule has 1 fully saturated rings. The van der Waals surface area contributed by atoms with E-state index in [4.69, 9.17) is 14.2 Å². The average molecular weight is 477 g/mol. The minimum absolute atomic E-state index is 0. The molecule has 1 unspecified atom stereocenters. The van der Waals surface area contributed by atoms with Crippen LogP contribution in [0.5, 0.6) is 5.75 Å². The molecule has 1 heterocycles. The zero-order valence-corrected chi connectivity index (χ0v) is 18.3.